The summed E-state index contributed by atoms with van der Waals surface area (Å²) in [6.45, 7) is 9.96. The van der Waals surface area contributed by atoms with Crippen molar-refractivity contribution in [3.05, 3.63) is 35.1 Å². The largest absolute Gasteiger partial charge is 0.326 e. The molecule has 19 heavy (non-hydrogen) atoms. The van der Waals surface area contributed by atoms with Gasteiger partial charge in [-0.15, -0.1) is 0 Å². The fourth-order valence-corrected chi connectivity index (χ4v) is 2.84. The van der Waals surface area contributed by atoms with Gasteiger partial charge in [0.15, 0.2) is 0 Å². The second-order valence-electron chi connectivity index (χ2n) is 6.68. The summed E-state index contributed by atoms with van der Waals surface area (Å²) in [4.78, 5) is 2.36. The van der Waals surface area contributed by atoms with Crippen LogP contribution in [0.2, 0.25) is 0 Å². The molecule has 3 heteroatoms. The predicted octanol–water partition coefficient (Wildman–Crippen LogP) is 3.15. The van der Waals surface area contributed by atoms with E-state index in [-0.39, 0.29) is 12.4 Å². The van der Waals surface area contributed by atoms with Crippen LogP contribution in [0.1, 0.15) is 38.3 Å². The van der Waals surface area contributed by atoms with Crippen molar-refractivity contribution in [2.75, 3.05) is 13.1 Å². The summed E-state index contributed by atoms with van der Waals surface area (Å²) in [5.74, 6) is 0.581. The highest BCUT2D eigenvalue weighted by molar-refractivity contribution is 5.26. The number of nitrogens with two attached hydrogens (primary N) is 1. The predicted molar refractivity (Wildman–Crippen MR) is 77.1 cm³/mol. The van der Waals surface area contributed by atoms with E-state index >= 15 is 0 Å². The Morgan fingerprint density at radius 3 is 2.58 bits per heavy atom. The average Bonchev–Trinajstić information content (AvgIpc) is 2.80. The van der Waals surface area contributed by atoms with Crippen molar-refractivity contribution >= 4 is 0 Å². The Kier molecular flexibility index (Phi) is 4.26. The molecule has 0 aliphatic carbocycles. The molecule has 0 amide bonds. The van der Waals surface area contributed by atoms with Gasteiger partial charge in [0.25, 0.3) is 0 Å². The third-order valence-corrected chi connectivity index (χ3v) is 4.27. The van der Waals surface area contributed by atoms with E-state index in [0.29, 0.717) is 23.4 Å². The van der Waals surface area contributed by atoms with Crippen molar-refractivity contribution in [1.29, 1.82) is 0 Å². The highest BCUT2D eigenvalue weighted by Gasteiger charge is 2.31. The third kappa shape index (κ3) is 3.34. The molecule has 2 nitrogen and oxygen atoms in total. The van der Waals surface area contributed by atoms with E-state index in [4.69, 9.17) is 5.73 Å². The molecule has 1 aliphatic rings. The van der Waals surface area contributed by atoms with E-state index < -0.39 is 0 Å². The van der Waals surface area contributed by atoms with Gasteiger partial charge in [-0.2, -0.15) is 0 Å². The fourth-order valence-electron chi connectivity index (χ4n) is 2.84. The van der Waals surface area contributed by atoms with Crippen LogP contribution >= 0.6 is 0 Å². The maximum atomic E-state index is 14.2. The first-order chi connectivity index (χ1) is 8.91. The number of hydrogen-bond donors (Lipinski definition) is 1. The smallest absolute Gasteiger partial charge is 0.132 e. The van der Waals surface area contributed by atoms with Crippen molar-refractivity contribution in [3.63, 3.8) is 0 Å². The first kappa shape index (κ1) is 14.5. The fraction of sp³-hybridized carbons (Fsp3) is 0.625. The molecule has 1 aromatic rings. The molecule has 1 atom stereocenters. The Balaban J connectivity index is 2.04. The van der Waals surface area contributed by atoms with Crippen LogP contribution < -0.4 is 5.73 Å². The van der Waals surface area contributed by atoms with Gasteiger partial charge in [-0.1, -0.05) is 39.0 Å². The Hall–Kier alpha value is -0.930. The van der Waals surface area contributed by atoms with Crippen LogP contribution in [-0.2, 0) is 13.1 Å². The molecule has 2 rings (SSSR count). The summed E-state index contributed by atoms with van der Waals surface area (Å²) in [5.41, 5.74) is 7.28. The SMILES string of the molecule is CC(C)(C)C1CCN(Cc2cccc(CN)c2F)C1. The third-order valence-electron chi connectivity index (χ3n) is 4.27. The van der Waals surface area contributed by atoms with E-state index in [0.717, 1.165) is 18.7 Å². The van der Waals surface area contributed by atoms with Gasteiger partial charge in [-0.25, -0.2) is 4.39 Å². The number of halogens is 1. The molecule has 1 heterocycles. The lowest BCUT2D eigenvalue weighted by Crippen LogP contribution is -2.26. The molecule has 2 N–H and O–H groups in total. The summed E-state index contributed by atoms with van der Waals surface area (Å²) in [6, 6.07) is 5.54. The van der Waals surface area contributed by atoms with Crippen molar-refractivity contribution in [2.45, 2.75) is 40.3 Å². The Morgan fingerprint density at radius 2 is 2.00 bits per heavy atom. The van der Waals surface area contributed by atoms with Gasteiger partial charge in [0.1, 0.15) is 5.82 Å². The summed E-state index contributed by atoms with van der Waals surface area (Å²) in [7, 11) is 0. The molecule has 0 aromatic heterocycles. The quantitative estimate of drug-likeness (QED) is 0.908. The molecule has 106 valence electrons. The van der Waals surface area contributed by atoms with E-state index in [9.17, 15) is 4.39 Å². The van der Waals surface area contributed by atoms with Crippen LogP contribution in [0.25, 0.3) is 0 Å². The van der Waals surface area contributed by atoms with Gasteiger partial charge >= 0.3 is 0 Å². The van der Waals surface area contributed by atoms with Crippen molar-refractivity contribution in [3.8, 4) is 0 Å². The molecule has 1 unspecified atom stereocenters. The van der Waals surface area contributed by atoms with Crippen molar-refractivity contribution in [2.24, 2.45) is 17.1 Å². The zero-order chi connectivity index (χ0) is 14.0. The molecular formula is C16H25FN2. The van der Waals surface area contributed by atoms with Crippen LogP contribution in [0.5, 0.6) is 0 Å². The number of benzene rings is 1. The molecule has 1 aliphatic heterocycles. The monoisotopic (exact) mass is 264 g/mol. The molecule has 0 spiro atoms. The summed E-state index contributed by atoms with van der Waals surface area (Å²) in [5, 5.41) is 0. The number of hydrogen-bond acceptors (Lipinski definition) is 2. The number of rotatable bonds is 3. The normalized spacial score (nSPS) is 21.0. The van der Waals surface area contributed by atoms with Crippen LogP contribution in [-0.4, -0.2) is 18.0 Å². The van der Waals surface area contributed by atoms with Crippen LogP contribution in [0.15, 0.2) is 18.2 Å². The first-order valence-corrected chi connectivity index (χ1v) is 7.10. The Morgan fingerprint density at radius 1 is 1.32 bits per heavy atom. The zero-order valence-electron chi connectivity index (χ0n) is 12.2. The molecular weight excluding hydrogens is 239 g/mol. The van der Waals surface area contributed by atoms with Gasteiger partial charge in [0.2, 0.25) is 0 Å². The summed E-state index contributed by atoms with van der Waals surface area (Å²) in [6.07, 6.45) is 1.21. The molecule has 0 radical (unpaired) electrons. The minimum Gasteiger partial charge on any atom is -0.326 e. The summed E-state index contributed by atoms with van der Waals surface area (Å²) < 4.78 is 14.2. The Bertz CT molecular complexity index is 437. The van der Waals surface area contributed by atoms with Crippen molar-refractivity contribution < 1.29 is 4.39 Å². The highest BCUT2D eigenvalue weighted by atomic mass is 19.1. The molecule has 0 saturated carbocycles. The molecule has 1 aromatic carbocycles. The minimum absolute atomic E-state index is 0.121. The van der Waals surface area contributed by atoms with Gasteiger partial charge in [0, 0.05) is 30.8 Å². The van der Waals surface area contributed by atoms with E-state index in [2.05, 4.69) is 25.7 Å². The van der Waals surface area contributed by atoms with E-state index in [1.165, 1.54) is 6.42 Å². The average molecular weight is 264 g/mol. The lowest BCUT2D eigenvalue weighted by Gasteiger charge is -2.27. The molecule has 0 bridgehead atoms. The van der Waals surface area contributed by atoms with Crippen molar-refractivity contribution in [1.82, 2.24) is 4.90 Å². The van der Waals surface area contributed by atoms with Gasteiger partial charge < -0.3 is 5.73 Å². The van der Waals surface area contributed by atoms with Crippen LogP contribution in [0, 0.1) is 17.2 Å². The van der Waals surface area contributed by atoms with Gasteiger partial charge in [0.05, 0.1) is 0 Å². The lowest BCUT2D eigenvalue weighted by atomic mass is 9.80. The highest BCUT2D eigenvalue weighted by Crippen LogP contribution is 2.34. The maximum Gasteiger partial charge on any atom is 0.132 e. The van der Waals surface area contributed by atoms with E-state index in [1.54, 1.807) is 6.07 Å². The van der Waals surface area contributed by atoms with E-state index in [1.807, 2.05) is 12.1 Å². The maximum absolute atomic E-state index is 14.2. The second kappa shape index (κ2) is 5.59. The standard InChI is InChI=1S/C16H25FN2/c1-16(2,3)14-7-8-19(11-14)10-13-6-4-5-12(9-18)15(13)17/h4-6,14H,7-11,18H2,1-3H3. The van der Waals surface area contributed by atoms with Crippen LogP contribution in [0.3, 0.4) is 0 Å². The lowest BCUT2D eigenvalue weighted by molar-refractivity contribution is 0.225. The van der Waals surface area contributed by atoms with Gasteiger partial charge in [-0.3, -0.25) is 4.90 Å². The Labute approximate surface area is 115 Å². The minimum atomic E-state index is -0.121. The van der Waals surface area contributed by atoms with Gasteiger partial charge in [-0.05, 0) is 24.3 Å². The first-order valence-electron chi connectivity index (χ1n) is 7.10. The zero-order valence-corrected chi connectivity index (χ0v) is 12.2. The van der Waals surface area contributed by atoms with Crippen LogP contribution in [0.4, 0.5) is 4.39 Å². The number of nitrogens with zero attached hydrogens (tertiary/aromatic N) is 1. The molecule has 1 saturated heterocycles. The summed E-state index contributed by atoms with van der Waals surface area (Å²) >= 11 is 0. The topological polar surface area (TPSA) is 29.3 Å². The molecule has 1 fully saturated rings. The second-order valence-corrected chi connectivity index (χ2v) is 6.68. The number of likely N-dealkylation sites (tertiary alicyclic amines) is 1.